The lowest BCUT2D eigenvalue weighted by Crippen LogP contribution is -2.14. The summed E-state index contributed by atoms with van der Waals surface area (Å²) in [5, 5.41) is 10.9. The second-order valence-corrected chi connectivity index (χ2v) is 4.01. The zero-order chi connectivity index (χ0) is 13.8. The monoisotopic (exact) mass is 260 g/mol. The lowest BCUT2D eigenvalue weighted by atomic mass is 10.2. The van der Waals surface area contributed by atoms with Crippen molar-refractivity contribution in [2.24, 2.45) is 0 Å². The standard InChI is InChI=1S/C13H12N2O4/c1-9-7-14-13(16)11(15(17)18)12(9)19-8-10-5-3-2-4-6-10/h2-7H,8H2,1H3,(H,14,16). The van der Waals surface area contributed by atoms with E-state index in [0.717, 1.165) is 5.56 Å². The summed E-state index contributed by atoms with van der Waals surface area (Å²) < 4.78 is 5.43. The summed E-state index contributed by atoms with van der Waals surface area (Å²) in [5.74, 6) is 0.0117. The smallest absolute Gasteiger partial charge is 0.375 e. The molecule has 0 aliphatic heterocycles. The predicted octanol–water partition coefficient (Wildman–Crippen LogP) is 2.17. The van der Waals surface area contributed by atoms with Crippen LogP contribution >= 0.6 is 0 Å². The second-order valence-electron chi connectivity index (χ2n) is 4.01. The summed E-state index contributed by atoms with van der Waals surface area (Å²) in [6, 6.07) is 9.24. The normalized spacial score (nSPS) is 10.2. The van der Waals surface area contributed by atoms with Crippen LogP contribution in [0.1, 0.15) is 11.1 Å². The SMILES string of the molecule is Cc1c[nH]c(=O)c([N+](=O)[O-])c1OCc1ccccc1. The highest BCUT2D eigenvalue weighted by atomic mass is 16.6. The number of benzene rings is 1. The summed E-state index contributed by atoms with van der Waals surface area (Å²) in [6.07, 6.45) is 1.40. The molecule has 98 valence electrons. The van der Waals surface area contributed by atoms with Crippen molar-refractivity contribution in [3.63, 3.8) is 0 Å². The van der Waals surface area contributed by atoms with Crippen LogP contribution in [-0.2, 0) is 6.61 Å². The van der Waals surface area contributed by atoms with E-state index in [1.54, 1.807) is 6.92 Å². The Bertz CT molecular complexity index is 649. The van der Waals surface area contributed by atoms with Crippen molar-refractivity contribution in [1.29, 1.82) is 0 Å². The summed E-state index contributed by atoms with van der Waals surface area (Å²) in [6.45, 7) is 1.81. The largest absolute Gasteiger partial charge is 0.482 e. The minimum absolute atomic E-state index is 0.0117. The van der Waals surface area contributed by atoms with E-state index >= 15 is 0 Å². The van der Waals surface area contributed by atoms with E-state index in [1.165, 1.54) is 6.20 Å². The molecule has 0 bridgehead atoms. The van der Waals surface area contributed by atoms with Gasteiger partial charge in [0.1, 0.15) is 6.61 Å². The molecular formula is C13H12N2O4. The number of hydrogen-bond donors (Lipinski definition) is 1. The van der Waals surface area contributed by atoms with Crippen molar-refractivity contribution in [2.75, 3.05) is 0 Å². The molecule has 2 rings (SSSR count). The average molecular weight is 260 g/mol. The van der Waals surface area contributed by atoms with Crippen LogP contribution in [0.15, 0.2) is 41.3 Å². The van der Waals surface area contributed by atoms with Gasteiger partial charge in [-0.3, -0.25) is 14.9 Å². The van der Waals surface area contributed by atoms with Gasteiger partial charge in [0.05, 0.1) is 4.92 Å². The van der Waals surface area contributed by atoms with Crippen molar-refractivity contribution in [2.45, 2.75) is 13.5 Å². The summed E-state index contributed by atoms with van der Waals surface area (Å²) in [5.41, 5.74) is 0.0632. The molecule has 1 aromatic heterocycles. The Kier molecular flexibility index (Phi) is 3.61. The van der Waals surface area contributed by atoms with Crippen LogP contribution in [0.25, 0.3) is 0 Å². The van der Waals surface area contributed by atoms with Gasteiger partial charge in [-0.05, 0) is 12.5 Å². The van der Waals surface area contributed by atoms with Crippen molar-refractivity contribution in [3.05, 3.63) is 68.1 Å². The Morgan fingerprint density at radius 1 is 1.32 bits per heavy atom. The van der Waals surface area contributed by atoms with Gasteiger partial charge < -0.3 is 9.72 Å². The molecule has 0 unspecified atom stereocenters. The van der Waals surface area contributed by atoms with E-state index in [2.05, 4.69) is 4.98 Å². The first-order valence-electron chi connectivity index (χ1n) is 5.63. The molecule has 6 heteroatoms. The number of nitrogens with one attached hydrogen (secondary N) is 1. The number of nitro groups is 1. The minimum atomic E-state index is -0.765. The molecule has 0 saturated heterocycles. The number of aromatic nitrogens is 1. The van der Waals surface area contributed by atoms with Crippen molar-refractivity contribution >= 4 is 5.69 Å². The fraction of sp³-hybridized carbons (Fsp3) is 0.154. The van der Waals surface area contributed by atoms with Gasteiger partial charge >= 0.3 is 11.2 Å². The number of aryl methyl sites for hydroxylation is 1. The molecule has 0 aliphatic rings. The van der Waals surface area contributed by atoms with Crippen LogP contribution in [0, 0.1) is 17.0 Å². The van der Waals surface area contributed by atoms with Crippen LogP contribution in [0.4, 0.5) is 5.69 Å². The molecule has 0 saturated carbocycles. The summed E-state index contributed by atoms with van der Waals surface area (Å²) in [7, 11) is 0. The van der Waals surface area contributed by atoms with Gasteiger partial charge in [0.2, 0.25) is 5.75 Å². The predicted molar refractivity (Wildman–Crippen MR) is 69.2 cm³/mol. The first-order chi connectivity index (χ1) is 9.09. The number of ether oxygens (including phenoxy) is 1. The number of nitrogens with zero attached hydrogens (tertiary/aromatic N) is 1. The molecule has 0 spiro atoms. The van der Waals surface area contributed by atoms with Crippen LogP contribution < -0.4 is 10.3 Å². The summed E-state index contributed by atoms with van der Waals surface area (Å²) in [4.78, 5) is 24.0. The Hall–Kier alpha value is -2.63. The number of pyridine rings is 1. The van der Waals surface area contributed by atoms with Gasteiger partial charge in [-0.25, -0.2) is 0 Å². The third-order valence-electron chi connectivity index (χ3n) is 2.62. The maximum Gasteiger partial charge on any atom is 0.375 e. The Balaban J connectivity index is 2.32. The van der Waals surface area contributed by atoms with Gasteiger partial charge in [-0.15, -0.1) is 0 Å². The molecule has 2 aromatic rings. The van der Waals surface area contributed by atoms with Crippen LogP contribution in [0.2, 0.25) is 0 Å². The molecule has 6 nitrogen and oxygen atoms in total. The zero-order valence-corrected chi connectivity index (χ0v) is 10.3. The highest BCUT2D eigenvalue weighted by Crippen LogP contribution is 2.26. The molecule has 0 amide bonds. The van der Waals surface area contributed by atoms with E-state index in [9.17, 15) is 14.9 Å². The van der Waals surface area contributed by atoms with Gasteiger partial charge in [-0.1, -0.05) is 30.3 Å². The third kappa shape index (κ3) is 2.79. The quantitative estimate of drug-likeness (QED) is 0.674. The molecular weight excluding hydrogens is 248 g/mol. The number of rotatable bonds is 4. The highest BCUT2D eigenvalue weighted by Gasteiger charge is 2.22. The van der Waals surface area contributed by atoms with E-state index in [0.29, 0.717) is 5.56 Å². The van der Waals surface area contributed by atoms with Gasteiger partial charge in [0.25, 0.3) is 0 Å². The maximum absolute atomic E-state index is 11.5. The Morgan fingerprint density at radius 2 is 2.00 bits per heavy atom. The minimum Gasteiger partial charge on any atom is -0.482 e. The maximum atomic E-state index is 11.5. The molecule has 1 heterocycles. The molecule has 1 N–H and O–H groups in total. The van der Waals surface area contributed by atoms with Crippen molar-refractivity contribution < 1.29 is 9.66 Å². The second kappa shape index (κ2) is 5.34. The number of hydrogen-bond acceptors (Lipinski definition) is 4. The van der Waals surface area contributed by atoms with Gasteiger partial charge in [0.15, 0.2) is 0 Å². The van der Waals surface area contributed by atoms with E-state index in [1.807, 2.05) is 30.3 Å². The van der Waals surface area contributed by atoms with Gasteiger partial charge in [-0.2, -0.15) is 0 Å². The molecule has 0 aliphatic carbocycles. The first kappa shape index (κ1) is 12.8. The third-order valence-corrected chi connectivity index (χ3v) is 2.62. The molecule has 19 heavy (non-hydrogen) atoms. The highest BCUT2D eigenvalue weighted by molar-refractivity contribution is 5.48. The van der Waals surface area contributed by atoms with Gasteiger partial charge in [0, 0.05) is 11.8 Å². The van der Waals surface area contributed by atoms with Crippen LogP contribution in [-0.4, -0.2) is 9.91 Å². The van der Waals surface area contributed by atoms with E-state index < -0.39 is 16.2 Å². The fourth-order valence-electron chi connectivity index (χ4n) is 1.68. The van der Waals surface area contributed by atoms with Crippen LogP contribution in [0.5, 0.6) is 5.75 Å². The molecule has 1 aromatic carbocycles. The number of H-pyrrole nitrogens is 1. The summed E-state index contributed by atoms with van der Waals surface area (Å²) >= 11 is 0. The molecule has 0 radical (unpaired) electrons. The topological polar surface area (TPSA) is 85.2 Å². The fourth-order valence-corrected chi connectivity index (χ4v) is 1.68. The molecule has 0 fully saturated rings. The van der Waals surface area contributed by atoms with Crippen molar-refractivity contribution in [1.82, 2.24) is 4.98 Å². The Morgan fingerprint density at radius 3 is 2.63 bits per heavy atom. The van der Waals surface area contributed by atoms with E-state index in [4.69, 9.17) is 4.74 Å². The average Bonchev–Trinajstić information content (AvgIpc) is 2.40. The lowest BCUT2D eigenvalue weighted by molar-refractivity contribution is -0.387. The number of aromatic amines is 1. The zero-order valence-electron chi connectivity index (χ0n) is 10.3. The van der Waals surface area contributed by atoms with Crippen LogP contribution in [0.3, 0.4) is 0 Å². The molecule has 0 atom stereocenters. The first-order valence-corrected chi connectivity index (χ1v) is 5.63. The van der Waals surface area contributed by atoms with E-state index in [-0.39, 0.29) is 12.4 Å². The Labute approximate surface area is 108 Å². The lowest BCUT2D eigenvalue weighted by Gasteiger charge is -2.08. The van der Waals surface area contributed by atoms with Crippen molar-refractivity contribution in [3.8, 4) is 5.75 Å².